The highest BCUT2D eigenvalue weighted by Crippen LogP contribution is 2.32. The van der Waals surface area contributed by atoms with E-state index in [0.717, 1.165) is 30.9 Å². The second-order valence-corrected chi connectivity index (χ2v) is 8.30. The number of para-hydroxylation sites is 2. The molecule has 0 radical (unpaired) electrons. The van der Waals surface area contributed by atoms with Crippen LogP contribution < -0.4 is 4.74 Å². The highest BCUT2D eigenvalue weighted by atomic mass is 16.5. The van der Waals surface area contributed by atoms with Crippen LogP contribution in [0.1, 0.15) is 15.9 Å². The maximum atomic E-state index is 13.7. The minimum absolute atomic E-state index is 0.00773. The van der Waals surface area contributed by atoms with Crippen LogP contribution in [0.4, 0.5) is 0 Å². The number of aromatic nitrogens is 3. The molecule has 7 heteroatoms. The summed E-state index contributed by atoms with van der Waals surface area (Å²) in [5, 5.41) is 4.82. The van der Waals surface area contributed by atoms with Gasteiger partial charge in [-0.1, -0.05) is 30.3 Å². The minimum atomic E-state index is -0.00773. The number of pyridine rings is 1. The van der Waals surface area contributed by atoms with E-state index >= 15 is 0 Å². The molecule has 0 spiro atoms. The lowest BCUT2D eigenvalue weighted by Gasteiger charge is -2.34. The van der Waals surface area contributed by atoms with Crippen LogP contribution in [0.2, 0.25) is 0 Å². The van der Waals surface area contributed by atoms with Crippen LogP contribution in [-0.4, -0.2) is 63.8 Å². The van der Waals surface area contributed by atoms with E-state index in [0.29, 0.717) is 30.1 Å². The Morgan fingerprint density at radius 1 is 0.912 bits per heavy atom. The van der Waals surface area contributed by atoms with E-state index in [1.54, 1.807) is 11.8 Å². The van der Waals surface area contributed by atoms with Crippen LogP contribution in [0.5, 0.6) is 5.75 Å². The Morgan fingerprint density at radius 3 is 2.35 bits per heavy atom. The first kappa shape index (κ1) is 21.9. The molecule has 0 aliphatic carbocycles. The summed E-state index contributed by atoms with van der Waals surface area (Å²) < 4.78 is 7.35. The molecular weight excluding hydrogens is 426 g/mol. The summed E-state index contributed by atoms with van der Waals surface area (Å²) >= 11 is 0. The summed E-state index contributed by atoms with van der Waals surface area (Å²) in [5.74, 6) is 0.684. The summed E-state index contributed by atoms with van der Waals surface area (Å²) in [5.41, 5.74) is 4.15. The molecule has 1 amide bonds. The van der Waals surface area contributed by atoms with Crippen LogP contribution in [-0.2, 0) is 6.54 Å². The normalized spacial score (nSPS) is 14.2. The van der Waals surface area contributed by atoms with Crippen molar-refractivity contribution >= 4 is 5.91 Å². The SMILES string of the molecule is COc1ccccc1-c1nn(-c2ccccc2)cc1C(=O)N1CCN(Cc2ccncc2)CC1. The largest absolute Gasteiger partial charge is 0.496 e. The van der Waals surface area contributed by atoms with Gasteiger partial charge in [0.25, 0.3) is 5.91 Å². The molecule has 5 rings (SSSR count). The highest BCUT2D eigenvalue weighted by molar-refractivity contribution is 6.00. The number of nitrogens with zero attached hydrogens (tertiary/aromatic N) is 5. The maximum absolute atomic E-state index is 13.7. The number of methoxy groups -OCH3 is 1. The number of piperazine rings is 1. The lowest BCUT2D eigenvalue weighted by molar-refractivity contribution is 0.0629. The third-order valence-corrected chi connectivity index (χ3v) is 6.14. The fraction of sp³-hybridized carbons (Fsp3) is 0.222. The first-order chi connectivity index (χ1) is 16.7. The molecule has 4 aromatic rings. The number of carbonyl (C=O) groups is 1. The molecule has 0 bridgehead atoms. The first-order valence-corrected chi connectivity index (χ1v) is 11.4. The zero-order valence-electron chi connectivity index (χ0n) is 19.2. The van der Waals surface area contributed by atoms with Crippen molar-refractivity contribution in [2.75, 3.05) is 33.3 Å². The van der Waals surface area contributed by atoms with E-state index in [9.17, 15) is 4.79 Å². The van der Waals surface area contributed by atoms with Gasteiger partial charge < -0.3 is 9.64 Å². The average molecular weight is 454 g/mol. The molecule has 2 aromatic heterocycles. The Balaban J connectivity index is 1.41. The van der Waals surface area contributed by atoms with E-state index in [1.165, 1.54) is 5.56 Å². The Bertz CT molecular complexity index is 1250. The molecule has 1 aliphatic heterocycles. The molecule has 0 unspecified atom stereocenters. The van der Waals surface area contributed by atoms with Gasteiger partial charge in [0, 0.05) is 56.9 Å². The molecule has 7 nitrogen and oxygen atoms in total. The highest BCUT2D eigenvalue weighted by Gasteiger charge is 2.27. The van der Waals surface area contributed by atoms with Crippen molar-refractivity contribution in [2.24, 2.45) is 0 Å². The van der Waals surface area contributed by atoms with Gasteiger partial charge in [-0.05, 0) is 42.0 Å². The fourth-order valence-electron chi connectivity index (χ4n) is 4.31. The van der Waals surface area contributed by atoms with Crippen molar-refractivity contribution in [3.63, 3.8) is 0 Å². The van der Waals surface area contributed by atoms with Gasteiger partial charge in [-0.2, -0.15) is 5.10 Å². The molecule has 1 fully saturated rings. The maximum Gasteiger partial charge on any atom is 0.257 e. The lowest BCUT2D eigenvalue weighted by Crippen LogP contribution is -2.48. The smallest absolute Gasteiger partial charge is 0.257 e. The summed E-state index contributed by atoms with van der Waals surface area (Å²) in [6.07, 6.45) is 5.47. The molecule has 1 saturated heterocycles. The van der Waals surface area contributed by atoms with Crippen molar-refractivity contribution < 1.29 is 9.53 Å². The molecule has 0 atom stereocenters. The van der Waals surface area contributed by atoms with Gasteiger partial charge in [-0.3, -0.25) is 14.7 Å². The molecule has 3 heterocycles. The van der Waals surface area contributed by atoms with E-state index in [-0.39, 0.29) is 5.91 Å². The summed E-state index contributed by atoms with van der Waals surface area (Å²) in [6, 6.07) is 21.6. The van der Waals surface area contributed by atoms with Crippen molar-refractivity contribution in [1.29, 1.82) is 0 Å². The Morgan fingerprint density at radius 2 is 1.62 bits per heavy atom. The van der Waals surface area contributed by atoms with E-state index < -0.39 is 0 Å². The van der Waals surface area contributed by atoms with Crippen molar-refractivity contribution in [1.82, 2.24) is 24.6 Å². The minimum Gasteiger partial charge on any atom is -0.496 e. The number of carbonyl (C=O) groups excluding carboxylic acids is 1. The topological polar surface area (TPSA) is 63.5 Å². The van der Waals surface area contributed by atoms with Crippen LogP contribution in [0.3, 0.4) is 0 Å². The number of hydrogen-bond donors (Lipinski definition) is 0. The van der Waals surface area contributed by atoms with Gasteiger partial charge in [-0.15, -0.1) is 0 Å². The van der Waals surface area contributed by atoms with Crippen LogP contribution in [0.15, 0.2) is 85.3 Å². The second kappa shape index (κ2) is 9.89. The Hall–Kier alpha value is -3.97. The molecular formula is C27H27N5O2. The third kappa shape index (κ3) is 4.56. The zero-order chi connectivity index (χ0) is 23.3. The average Bonchev–Trinajstić information content (AvgIpc) is 3.35. The predicted octanol–water partition coefficient (Wildman–Crippen LogP) is 3.90. The van der Waals surface area contributed by atoms with Gasteiger partial charge in [-0.25, -0.2) is 4.68 Å². The van der Waals surface area contributed by atoms with E-state index in [1.807, 2.05) is 90.2 Å². The number of amides is 1. The summed E-state index contributed by atoms with van der Waals surface area (Å²) in [4.78, 5) is 22.1. The molecule has 1 aliphatic rings. The zero-order valence-corrected chi connectivity index (χ0v) is 19.2. The third-order valence-electron chi connectivity index (χ3n) is 6.14. The Labute approximate surface area is 199 Å². The van der Waals surface area contributed by atoms with Gasteiger partial charge in [0.2, 0.25) is 0 Å². The van der Waals surface area contributed by atoms with Crippen molar-refractivity contribution in [2.45, 2.75) is 6.54 Å². The van der Waals surface area contributed by atoms with Crippen LogP contribution in [0, 0.1) is 0 Å². The van der Waals surface area contributed by atoms with E-state index in [2.05, 4.69) is 9.88 Å². The van der Waals surface area contributed by atoms with Gasteiger partial charge in [0.15, 0.2) is 0 Å². The number of hydrogen-bond acceptors (Lipinski definition) is 5. The monoisotopic (exact) mass is 453 g/mol. The molecule has 0 saturated carbocycles. The molecule has 2 aromatic carbocycles. The van der Waals surface area contributed by atoms with Crippen LogP contribution >= 0.6 is 0 Å². The second-order valence-electron chi connectivity index (χ2n) is 8.30. The lowest BCUT2D eigenvalue weighted by atomic mass is 10.1. The van der Waals surface area contributed by atoms with Gasteiger partial charge in [0.1, 0.15) is 11.4 Å². The molecule has 0 N–H and O–H groups in total. The first-order valence-electron chi connectivity index (χ1n) is 11.4. The molecule has 172 valence electrons. The number of rotatable bonds is 6. The van der Waals surface area contributed by atoms with Gasteiger partial charge in [0.05, 0.1) is 18.4 Å². The number of benzene rings is 2. The van der Waals surface area contributed by atoms with Crippen molar-refractivity contribution in [3.8, 4) is 22.7 Å². The van der Waals surface area contributed by atoms with Crippen molar-refractivity contribution in [3.05, 3.63) is 96.4 Å². The number of ether oxygens (including phenoxy) is 1. The van der Waals surface area contributed by atoms with Crippen LogP contribution in [0.25, 0.3) is 16.9 Å². The van der Waals surface area contributed by atoms with E-state index in [4.69, 9.17) is 9.84 Å². The fourth-order valence-corrected chi connectivity index (χ4v) is 4.31. The summed E-state index contributed by atoms with van der Waals surface area (Å²) in [6.45, 7) is 3.86. The van der Waals surface area contributed by atoms with Gasteiger partial charge >= 0.3 is 0 Å². The predicted molar refractivity (Wildman–Crippen MR) is 131 cm³/mol. The quantitative estimate of drug-likeness (QED) is 0.443. The molecule has 34 heavy (non-hydrogen) atoms. The standard InChI is InChI=1S/C27H27N5O2/c1-34-25-10-6-5-9-23(25)26-24(20-32(29-26)22-7-3-2-4-8-22)27(33)31-17-15-30(16-18-31)19-21-11-13-28-14-12-21/h2-14,20H,15-19H2,1H3. The summed E-state index contributed by atoms with van der Waals surface area (Å²) in [7, 11) is 1.64. The Kier molecular flexibility index (Phi) is 6.35.